The zero-order chi connectivity index (χ0) is 14.4. The molecule has 1 aliphatic heterocycles. The summed E-state index contributed by atoms with van der Waals surface area (Å²) in [4.78, 5) is 0. The van der Waals surface area contributed by atoms with Crippen molar-refractivity contribution in [3.05, 3.63) is 29.3 Å². The number of hydrogen-bond donors (Lipinski definition) is 1. The summed E-state index contributed by atoms with van der Waals surface area (Å²) in [6, 6.07) is 6.55. The molecule has 0 radical (unpaired) electrons. The molecule has 2 N–H and O–H groups in total. The fourth-order valence-corrected chi connectivity index (χ4v) is 4.31. The number of benzene rings is 1. The van der Waals surface area contributed by atoms with Gasteiger partial charge in [-0.2, -0.15) is 0 Å². The van der Waals surface area contributed by atoms with Crippen LogP contribution in [-0.4, -0.2) is 6.61 Å². The van der Waals surface area contributed by atoms with Gasteiger partial charge in [-0.1, -0.05) is 51.8 Å². The molecule has 0 spiro atoms. The summed E-state index contributed by atoms with van der Waals surface area (Å²) in [7, 11) is 0. The number of para-hydroxylation sites is 1. The lowest BCUT2D eigenvalue weighted by Gasteiger charge is -2.48. The van der Waals surface area contributed by atoms with E-state index in [4.69, 9.17) is 10.5 Å². The highest BCUT2D eigenvalue weighted by Crippen LogP contribution is 2.51. The van der Waals surface area contributed by atoms with Gasteiger partial charge in [0.15, 0.2) is 0 Å². The van der Waals surface area contributed by atoms with E-state index in [1.807, 2.05) is 0 Å². The lowest BCUT2D eigenvalue weighted by atomic mass is 9.60. The average Bonchev–Trinajstić information content (AvgIpc) is 2.85. The minimum Gasteiger partial charge on any atom is -0.493 e. The van der Waals surface area contributed by atoms with E-state index in [-0.39, 0.29) is 11.0 Å². The Morgan fingerprint density at radius 2 is 2.05 bits per heavy atom. The van der Waals surface area contributed by atoms with Gasteiger partial charge >= 0.3 is 0 Å². The van der Waals surface area contributed by atoms with Crippen molar-refractivity contribution in [3.63, 3.8) is 0 Å². The van der Waals surface area contributed by atoms with Gasteiger partial charge in [-0.05, 0) is 29.7 Å². The van der Waals surface area contributed by atoms with Crippen LogP contribution in [0.15, 0.2) is 18.2 Å². The van der Waals surface area contributed by atoms with E-state index in [0.29, 0.717) is 5.92 Å². The van der Waals surface area contributed by atoms with Crippen LogP contribution in [0.5, 0.6) is 5.75 Å². The first-order valence-corrected chi connectivity index (χ1v) is 7.97. The molecule has 2 heteroatoms. The van der Waals surface area contributed by atoms with Crippen molar-refractivity contribution in [2.24, 2.45) is 17.1 Å². The molecule has 20 heavy (non-hydrogen) atoms. The van der Waals surface area contributed by atoms with Gasteiger partial charge in [0, 0.05) is 17.5 Å². The molecule has 1 aromatic rings. The molecule has 110 valence electrons. The van der Waals surface area contributed by atoms with Gasteiger partial charge in [0.2, 0.25) is 0 Å². The molecule has 0 bridgehead atoms. The molecular weight excluding hydrogens is 246 g/mol. The number of rotatable bonds is 1. The minimum atomic E-state index is -0.230. The number of fused-ring (bicyclic) bond motifs is 1. The lowest BCUT2D eigenvalue weighted by Crippen LogP contribution is -2.51. The van der Waals surface area contributed by atoms with Gasteiger partial charge in [-0.25, -0.2) is 0 Å². The zero-order valence-corrected chi connectivity index (χ0v) is 13.0. The first kappa shape index (κ1) is 13.9. The maximum absolute atomic E-state index is 7.00. The van der Waals surface area contributed by atoms with Gasteiger partial charge in [0.1, 0.15) is 5.75 Å². The molecule has 2 aliphatic rings. The Hall–Kier alpha value is -1.02. The second kappa shape index (κ2) is 4.77. The molecule has 1 fully saturated rings. The molecule has 1 heterocycles. The largest absolute Gasteiger partial charge is 0.493 e. The van der Waals surface area contributed by atoms with E-state index in [1.165, 1.54) is 30.4 Å². The van der Waals surface area contributed by atoms with E-state index in [9.17, 15) is 0 Å². The van der Waals surface area contributed by atoms with Crippen LogP contribution in [0.25, 0.3) is 0 Å². The lowest BCUT2D eigenvalue weighted by molar-refractivity contribution is 0.0759. The van der Waals surface area contributed by atoms with Crippen molar-refractivity contribution in [2.45, 2.75) is 58.4 Å². The molecule has 1 aliphatic carbocycles. The summed E-state index contributed by atoms with van der Waals surface area (Å²) in [5, 5.41) is 0. The highest BCUT2D eigenvalue weighted by atomic mass is 16.5. The Labute approximate surface area is 122 Å². The molecule has 1 saturated carbocycles. The van der Waals surface area contributed by atoms with Crippen molar-refractivity contribution < 1.29 is 4.74 Å². The molecular formula is C18H27NO. The Morgan fingerprint density at radius 3 is 2.80 bits per heavy atom. The predicted molar refractivity (Wildman–Crippen MR) is 82.9 cm³/mol. The van der Waals surface area contributed by atoms with Gasteiger partial charge in [0.25, 0.3) is 0 Å². The molecule has 0 aromatic heterocycles. The second-order valence-corrected chi connectivity index (χ2v) is 7.60. The highest BCUT2D eigenvalue weighted by Gasteiger charge is 2.46. The van der Waals surface area contributed by atoms with E-state index < -0.39 is 0 Å². The average molecular weight is 273 g/mol. The normalized spacial score (nSPS) is 29.9. The number of hydrogen-bond acceptors (Lipinski definition) is 2. The quantitative estimate of drug-likeness (QED) is 0.839. The standard InChI is InChI=1S/C18H27NO/c1-17(2,3)15-9-4-5-11-18(15,19)14-8-6-7-13-10-12-20-16(13)14/h6-8,15H,4-5,9-12,19H2,1-3H3. The first-order chi connectivity index (χ1) is 9.43. The maximum Gasteiger partial charge on any atom is 0.127 e. The fraction of sp³-hybridized carbons (Fsp3) is 0.667. The van der Waals surface area contributed by atoms with Crippen LogP contribution in [0, 0.1) is 11.3 Å². The van der Waals surface area contributed by atoms with Crippen molar-refractivity contribution in [1.29, 1.82) is 0 Å². The van der Waals surface area contributed by atoms with E-state index >= 15 is 0 Å². The topological polar surface area (TPSA) is 35.2 Å². The third kappa shape index (κ3) is 2.14. The summed E-state index contributed by atoms with van der Waals surface area (Å²) in [6.45, 7) is 7.79. The summed E-state index contributed by atoms with van der Waals surface area (Å²) in [5.41, 5.74) is 9.60. The smallest absolute Gasteiger partial charge is 0.127 e. The van der Waals surface area contributed by atoms with Gasteiger partial charge < -0.3 is 10.5 Å². The summed E-state index contributed by atoms with van der Waals surface area (Å²) < 4.78 is 5.93. The summed E-state index contributed by atoms with van der Waals surface area (Å²) >= 11 is 0. The molecule has 2 unspecified atom stereocenters. The highest BCUT2D eigenvalue weighted by molar-refractivity contribution is 5.48. The molecule has 0 saturated heterocycles. The van der Waals surface area contributed by atoms with E-state index in [1.54, 1.807) is 0 Å². The Kier molecular flexibility index (Phi) is 3.32. The van der Waals surface area contributed by atoms with Crippen LogP contribution >= 0.6 is 0 Å². The van der Waals surface area contributed by atoms with Crippen LogP contribution < -0.4 is 10.5 Å². The Bertz CT molecular complexity index is 503. The SMILES string of the molecule is CC(C)(C)C1CCCCC1(N)c1cccc2c1OCC2. The maximum atomic E-state index is 7.00. The predicted octanol–water partition coefficient (Wildman–Crippen LogP) is 4.01. The van der Waals surface area contributed by atoms with Gasteiger partial charge in [-0.15, -0.1) is 0 Å². The van der Waals surface area contributed by atoms with Crippen molar-refractivity contribution >= 4 is 0 Å². The molecule has 3 rings (SSSR count). The van der Waals surface area contributed by atoms with E-state index in [2.05, 4.69) is 39.0 Å². The third-order valence-electron chi connectivity index (χ3n) is 5.22. The van der Waals surface area contributed by atoms with Crippen LogP contribution in [0.4, 0.5) is 0 Å². The van der Waals surface area contributed by atoms with Gasteiger partial charge in [0.05, 0.1) is 6.61 Å². The number of nitrogens with two attached hydrogens (primary N) is 1. The summed E-state index contributed by atoms with van der Waals surface area (Å²) in [6.07, 6.45) is 5.86. The second-order valence-electron chi connectivity index (χ2n) is 7.60. The fourth-order valence-electron chi connectivity index (χ4n) is 4.31. The van der Waals surface area contributed by atoms with Crippen LogP contribution in [0.1, 0.15) is 57.6 Å². The van der Waals surface area contributed by atoms with Gasteiger partial charge in [-0.3, -0.25) is 0 Å². The molecule has 1 aromatic carbocycles. The summed E-state index contributed by atoms with van der Waals surface area (Å²) in [5.74, 6) is 1.60. The Balaban J connectivity index is 2.08. The molecule has 2 atom stereocenters. The zero-order valence-electron chi connectivity index (χ0n) is 13.0. The third-order valence-corrected chi connectivity index (χ3v) is 5.22. The minimum absolute atomic E-state index is 0.230. The van der Waals surface area contributed by atoms with Crippen molar-refractivity contribution in [1.82, 2.24) is 0 Å². The molecule has 0 amide bonds. The molecule has 2 nitrogen and oxygen atoms in total. The van der Waals surface area contributed by atoms with Crippen LogP contribution in [0.3, 0.4) is 0 Å². The van der Waals surface area contributed by atoms with Crippen LogP contribution in [0.2, 0.25) is 0 Å². The monoisotopic (exact) mass is 273 g/mol. The Morgan fingerprint density at radius 1 is 1.25 bits per heavy atom. The first-order valence-electron chi connectivity index (χ1n) is 7.97. The number of ether oxygens (including phenoxy) is 1. The van der Waals surface area contributed by atoms with E-state index in [0.717, 1.165) is 25.2 Å². The van der Waals surface area contributed by atoms with Crippen molar-refractivity contribution in [2.75, 3.05) is 6.61 Å². The van der Waals surface area contributed by atoms with Crippen LogP contribution in [-0.2, 0) is 12.0 Å². The van der Waals surface area contributed by atoms with Crippen molar-refractivity contribution in [3.8, 4) is 5.75 Å².